The summed E-state index contributed by atoms with van der Waals surface area (Å²) < 4.78 is 29.9. The van der Waals surface area contributed by atoms with Crippen LogP contribution < -0.4 is 0 Å². The predicted molar refractivity (Wildman–Crippen MR) is 99.7 cm³/mol. The second kappa shape index (κ2) is 7.05. The van der Waals surface area contributed by atoms with Crippen LogP contribution in [-0.2, 0) is 10.2 Å². The molecule has 1 saturated heterocycles. The van der Waals surface area contributed by atoms with Gasteiger partial charge in [0.05, 0.1) is 17.4 Å². The molecule has 0 spiro atoms. The van der Waals surface area contributed by atoms with Gasteiger partial charge in [0.25, 0.3) is 10.2 Å². The Balaban J connectivity index is 2.04. The van der Waals surface area contributed by atoms with Crippen molar-refractivity contribution in [3.63, 3.8) is 0 Å². The summed E-state index contributed by atoms with van der Waals surface area (Å²) in [5.74, 6) is 0.555. The van der Waals surface area contributed by atoms with Gasteiger partial charge in [0.15, 0.2) is 0 Å². The molecule has 0 bridgehead atoms. The Morgan fingerprint density at radius 3 is 2.65 bits per heavy atom. The highest BCUT2D eigenvalue weighted by Crippen LogP contribution is 2.34. The first kappa shape index (κ1) is 18.9. The molecule has 0 amide bonds. The molecule has 0 aromatic carbocycles. The molecule has 142 valence electrons. The first-order chi connectivity index (χ1) is 12.2. The van der Waals surface area contributed by atoms with Gasteiger partial charge in [-0.15, -0.1) is 0 Å². The summed E-state index contributed by atoms with van der Waals surface area (Å²) >= 11 is 0. The molecular formula is C17H26N6O2S. The van der Waals surface area contributed by atoms with Gasteiger partial charge >= 0.3 is 0 Å². The van der Waals surface area contributed by atoms with Gasteiger partial charge in [0.2, 0.25) is 0 Å². The van der Waals surface area contributed by atoms with E-state index in [4.69, 9.17) is 4.98 Å². The second-order valence-corrected chi connectivity index (χ2v) is 9.16. The van der Waals surface area contributed by atoms with Crippen LogP contribution in [0.4, 0.5) is 0 Å². The topological polar surface area (TPSA) is 84.2 Å². The van der Waals surface area contributed by atoms with Gasteiger partial charge in [-0.3, -0.25) is 4.68 Å². The first-order valence-electron chi connectivity index (χ1n) is 8.80. The zero-order valence-corrected chi connectivity index (χ0v) is 16.7. The Kier molecular flexibility index (Phi) is 5.14. The maximum atomic E-state index is 12.6. The fourth-order valence-electron chi connectivity index (χ4n) is 3.28. The molecule has 1 fully saturated rings. The average Bonchev–Trinajstić information content (AvgIpc) is 3.23. The summed E-state index contributed by atoms with van der Waals surface area (Å²) in [6.07, 6.45) is 3.28. The number of hydrogen-bond acceptors (Lipinski definition) is 5. The smallest absolute Gasteiger partial charge is 0.261 e. The molecule has 0 saturated carbocycles. The summed E-state index contributed by atoms with van der Waals surface area (Å²) in [5, 5.41) is 4.37. The van der Waals surface area contributed by atoms with Gasteiger partial charge in [-0.25, -0.2) is 9.97 Å². The van der Waals surface area contributed by atoms with E-state index in [0.29, 0.717) is 12.4 Å². The molecule has 0 radical (unpaired) electrons. The zero-order valence-electron chi connectivity index (χ0n) is 15.9. The summed E-state index contributed by atoms with van der Waals surface area (Å²) in [6, 6.07) is 3.71. The molecule has 0 aliphatic carbocycles. The van der Waals surface area contributed by atoms with Crippen molar-refractivity contribution >= 4 is 10.2 Å². The molecule has 3 heterocycles. The van der Waals surface area contributed by atoms with Crippen molar-refractivity contribution in [3.05, 3.63) is 29.8 Å². The van der Waals surface area contributed by atoms with Gasteiger partial charge in [-0.05, 0) is 45.7 Å². The van der Waals surface area contributed by atoms with Crippen LogP contribution in [0.2, 0.25) is 0 Å². The third kappa shape index (κ3) is 3.38. The van der Waals surface area contributed by atoms with E-state index in [2.05, 4.69) is 23.9 Å². The van der Waals surface area contributed by atoms with Gasteiger partial charge in [0.1, 0.15) is 5.82 Å². The predicted octanol–water partition coefficient (Wildman–Crippen LogP) is 2.17. The van der Waals surface area contributed by atoms with E-state index in [1.165, 1.54) is 8.61 Å². The fourth-order valence-corrected chi connectivity index (χ4v) is 4.59. The standard InChI is InChI=1S/C17H26N6O2S/c1-12(2)23-15(8-9-18-23)14-11-13(3)19-17(20-14)16-7-6-10-22(16)26(24,25)21(4)5/h8-9,11-12,16H,6-7,10H2,1-5H3/t16-/m0/s1. The maximum absolute atomic E-state index is 12.6. The Morgan fingerprint density at radius 2 is 2.00 bits per heavy atom. The minimum atomic E-state index is -3.51. The van der Waals surface area contributed by atoms with Gasteiger partial charge in [0, 0.05) is 38.6 Å². The molecule has 26 heavy (non-hydrogen) atoms. The lowest BCUT2D eigenvalue weighted by atomic mass is 10.2. The number of hydrogen-bond donors (Lipinski definition) is 0. The normalized spacial score (nSPS) is 19.0. The van der Waals surface area contributed by atoms with Gasteiger partial charge < -0.3 is 0 Å². The van der Waals surface area contributed by atoms with Crippen LogP contribution in [0.15, 0.2) is 18.3 Å². The van der Waals surface area contributed by atoms with Crippen LogP contribution in [-0.4, -0.2) is 57.4 Å². The third-order valence-corrected chi connectivity index (χ3v) is 6.51. The molecule has 9 heteroatoms. The molecule has 1 aliphatic rings. The van der Waals surface area contributed by atoms with Gasteiger partial charge in [-0.2, -0.15) is 22.1 Å². The molecule has 8 nitrogen and oxygen atoms in total. The largest absolute Gasteiger partial charge is 0.282 e. The lowest BCUT2D eigenvalue weighted by Crippen LogP contribution is -2.40. The zero-order chi connectivity index (χ0) is 19.1. The summed E-state index contributed by atoms with van der Waals surface area (Å²) in [6.45, 7) is 6.52. The highest BCUT2D eigenvalue weighted by atomic mass is 32.2. The van der Waals surface area contributed by atoms with E-state index in [9.17, 15) is 8.42 Å². The maximum Gasteiger partial charge on any atom is 0.282 e. The van der Waals surface area contributed by atoms with E-state index in [1.807, 2.05) is 23.7 Å². The van der Waals surface area contributed by atoms with Crippen LogP contribution in [0.3, 0.4) is 0 Å². The van der Waals surface area contributed by atoms with Crippen LogP contribution in [0.1, 0.15) is 50.3 Å². The van der Waals surface area contributed by atoms with Crippen molar-refractivity contribution in [2.75, 3.05) is 20.6 Å². The Bertz CT molecular complexity index is 890. The van der Waals surface area contributed by atoms with E-state index in [1.54, 1.807) is 20.3 Å². The molecule has 3 rings (SSSR count). The van der Waals surface area contributed by atoms with E-state index in [0.717, 1.165) is 29.9 Å². The lowest BCUT2D eigenvalue weighted by Gasteiger charge is -2.26. The number of aryl methyl sites for hydroxylation is 1. The molecule has 2 aromatic rings. The Labute approximate surface area is 155 Å². The van der Waals surface area contributed by atoms with Crippen molar-refractivity contribution in [1.29, 1.82) is 0 Å². The summed E-state index contributed by atoms with van der Waals surface area (Å²) in [4.78, 5) is 9.29. The molecule has 0 N–H and O–H groups in total. The van der Waals surface area contributed by atoms with Crippen LogP contribution in [0, 0.1) is 6.92 Å². The minimum Gasteiger partial charge on any atom is -0.261 e. The molecule has 0 unspecified atom stereocenters. The Morgan fingerprint density at radius 1 is 1.27 bits per heavy atom. The number of aromatic nitrogens is 4. The monoisotopic (exact) mass is 378 g/mol. The highest BCUT2D eigenvalue weighted by molar-refractivity contribution is 7.86. The second-order valence-electron chi connectivity index (χ2n) is 7.07. The molecule has 2 aromatic heterocycles. The van der Waals surface area contributed by atoms with E-state index < -0.39 is 10.2 Å². The third-order valence-electron chi connectivity index (χ3n) is 4.55. The quantitative estimate of drug-likeness (QED) is 0.796. The van der Waals surface area contributed by atoms with E-state index >= 15 is 0 Å². The highest BCUT2D eigenvalue weighted by Gasteiger charge is 2.38. The van der Waals surface area contributed by atoms with Crippen molar-refractivity contribution in [2.45, 2.75) is 45.7 Å². The SMILES string of the molecule is Cc1cc(-c2ccnn2C(C)C)nc([C@@H]2CCCN2S(=O)(=O)N(C)C)n1. The summed E-state index contributed by atoms with van der Waals surface area (Å²) in [7, 11) is -0.406. The van der Waals surface area contributed by atoms with Crippen molar-refractivity contribution in [3.8, 4) is 11.4 Å². The Hall–Kier alpha value is -1.84. The molecular weight excluding hydrogens is 352 g/mol. The van der Waals surface area contributed by atoms with E-state index in [-0.39, 0.29) is 12.1 Å². The lowest BCUT2D eigenvalue weighted by molar-refractivity contribution is 0.352. The average molecular weight is 379 g/mol. The minimum absolute atomic E-state index is 0.204. The number of nitrogens with zero attached hydrogens (tertiary/aromatic N) is 6. The molecule has 1 atom stereocenters. The fraction of sp³-hybridized carbons (Fsp3) is 0.588. The van der Waals surface area contributed by atoms with Crippen molar-refractivity contribution < 1.29 is 8.42 Å². The first-order valence-corrected chi connectivity index (χ1v) is 10.2. The molecule has 1 aliphatic heterocycles. The summed E-state index contributed by atoms with van der Waals surface area (Å²) in [5.41, 5.74) is 2.50. The van der Waals surface area contributed by atoms with Crippen molar-refractivity contribution in [1.82, 2.24) is 28.4 Å². The van der Waals surface area contributed by atoms with Gasteiger partial charge in [-0.1, -0.05) is 0 Å². The van der Waals surface area contributed by atoms with Crippen LogP contribution >= 0.6 is 0 Å². The van der Waals surface area contributed by atoms with Crippen LogP contribution in [0.5, 0.6) is 0 Å². The van der Waals surface area contributed by atoms with Crippen LogP contribution in [0.25, 0.3) is 11.4 Å². The van der Waals surface area contributed by atoms with Crippen molar-refractivity contribution in [2.24, 2.45) is 0 Å². The number of rotatable bonds is 5.